The second kappa shape index (κ2) is 7.40. The SMILES string of the molecule is C[NH+](C)CCO/N=C(\c1ccccc1)c1ccncc1. The maximum Gasteiger partial charge on any atom is 0.165 e. The molecule has 0 fully saturated rings. The van der Waals surface area contributed by atoms with E-state index in [1.54, 1.807) is 12.4 Å². The van der Waals surface area contributed by atoms with Gasteiger partial charge in [-0.1, -0.05) is 35.5 Å². The molecule has 2 aromatic rings. The van der Waals surface area contributed by atoms with Gasteiger partial charge in [0.15, 0.2) is 6.61 Å². The Bertz CT molecular complexity index is 497. The number of pyridine rings is 1. The summed E-state index contributed by atoms with van der Waals surface area (Å²) in [6, 6.07) is 13.9. The minimum atomic E-state index is 0.601. The highest BCUT2D eigenvalue weighted by Gasteiger charge is 2.07. The number of nitrogens with zero attached hydrogens (tertiary/aromatic N) is 2. The summed E-state index contributed by atoms with van der Waals surface area (Å²) < 4.78 is 0. The maximum atomic E-state index is 5.46. The molecule has 0 amide bonds. The van der Waals surface area contributed by atoms with Crippen LogP contribution in [-0.4, -0.2) is 37.9 Å². The van der Waals surface area contributed by atoms with Crippen LogP contribution in [0.15, 0.2) is 60.0 Å². The molecule has 0 aliphatic rings. The zero-order valence-electron chi connectivity index (χ0n) is 11.9. The number of quaternary nitrogens is 1. The quantitative estimate of drug-likeness (QED) is 0.483. The lowest BCUT2D eigenvalue weighted by atomic mass is 10.0. The van der Waals surface area contributed by atoms with E-state index in [4.69, 9.17) is 4.84 Å². The first kappa shape index (κ1) is 14.2. The normalized spacial score (nSPS) is 11.7. The topological polar surface area (TPSA) is 38.9 Å². The maximum absolute atomic E-state index is 5.46. The highest BCUT2D eigenvalue weighted by Crippen LogP contribution is 2.10. The number of likely N-dealkylation sites (N-methyl/N-ethyl adjacent to an activating group) is 1. The molecule has 0 aliphatic carbocycles. The van der Waals surface area contributed by atoms with Gasteiger partial charge in [0.25, 0.3) is 0 Å². The Balaban J connectivity index is 2.19. The highest BCUT2D eigenvalue weighted by molar-refractivity contribution is 6.12. The van der Waals surface area contributed by atoms with Gasteiger partial charge in [-0.3, -0.25) is 4.98 Å². The first-order chi connectivity index (χ1) is 9.77. The number of benzene rings is 1. The van der Waals surface area contributed by atoms with Crippen molar-refractivity contribution in [3.8, 4) is 0 Å². The van der Waals surface area contributed by atoms with E-state index >= 15 is 0 Å². The van der Waals surface area contributed by atoms with Crippen LogP contribution in [0, 0.1) is 0 Å². The van der Waals surface area contributed by atoms with Crippen molar-refractivity contribution in [2.45, 2.75) is 0 Å². The van der Waals surface area contributed by atoms with E-state index in [0.29, 0.717) is 6.61 Å². The van der Waals surface area contributed by atoms with Crippen molar-refractivity contribution in [3.05, 3.63) is 66.0 Å². The molecule has 2 rings (SSSR count). The van der Waals surface area contributed by atoms with Gasteiger partial charge >= 0.3 is 0 Å². The van der Waals surface area contributed by atoms with E-state index in [2.05, 4.69) is 24.2 Å². The van der Waals surface area contributed by atoms with Crippen molar-refractivity contribution in [2.24, 2.45) is 5.16 Å². The molecule has 0 unspecified atom stereocenters. The van der Waals surface area contributed by atoms with Gasteiger partial charge in [-0.05, 0) is 12.1 Å². The Hall–Kier alpha value is -2.20. The number of oxime groups is 1. The Kier molecular flexibility index (Phi) is 5.26. The number of aromatic nitrogens is 1. The predicted octanol–water partition coefficient (Wildman–Crippen LogP) is 0.995. The number of rotatable bonds is 6. The first-order valence-electron chi connectivity index (χ1n) is 6.72. The second-order valence-electron chi connectivity index (χ2n) is 4.83. The summed E-state index contributed by atoms with van der Waals surface area (Å²) in [7, 11) is 4.18. The Morgan fingerprint density at radius 3 is 2.35 bits per heavy atom. The summed E-state index contributed by atoms with van der Waals surface area (Å²) in [6.45, 7) is 1.52. The summed E-state index contributed by atoms with van der Waals surface area (Å²) in [5, 5.41) is 4.31. The zero-order valence-corrected chi connectivity index (χ0v) is 11.9. The minimum absolute atomic E-state index is 0.601. The Morgan fingerprint density at radius 2 is 1.70 bits per heavy atom. The molecular formula is C16H20N3O+. The fourth-order valence-corrected chi connectivity index (χ4v) is 1.74. The molecule has 0 saturated heterocycles. The minimum Gasteiger partial charge on any atom is -0.389 e. The molecule has 1 aromatic carbocycles. The number of hydrogen-bond donors (Lipinski definition) is 1. The van der Waals surface area contributed by atoms with Gasteiger partial charge in [0.1, 0.15) is 12.3 Å². The fraction of sp³-hybridized carbons (Fsp3) is 0.250. The van der Waals surface area contributed by atoms with Crippen molar-refractivity contribution >= 4 is 5.71 Å². The summed E-state index contributed by atoms with van der Waals surface area (Å²) >= 11 is 0. The highest BCUT2D eigenvalue weighted by atomic mass is 16.6. The summed E-state index contributed by atoms with van der Waals surface area (Å²) in [6.07, 6.45) is 3.52. The molecule has 0 saturated carbocycles. The summed E-state index contributed by atoms with van der Waals surface area (Å²) in [5.41, 5.74) is 2.88. The second-order valence-corrected chi connectivity index (χ2v) is 4.83. The van der Waals surface area contributed by atoms with Gasteiger partial charge in [-0.25, -0.2) is 0 Å². The molecule has 1 aromatic heterocycles. The van der Waals surface area contributed by atoms with E-state index in [0.717, 1.165) is 23.4 Å². The molecule has 104 valence electrons. The summed E-state index contributed by atoms with van der Waals surface area (Å²) in [5.74, 6) is 0. The third-order valence-electron chi connectivity index (χ3n) is 2.85. The van der Waals surface area contributed by atoms with Crippen molar-refractivity contribution in [3.63, 3.8) is 0 Å². The number of nitrogens with one attached hydrogen (secondary N) is 1. The third kappa shape index (κ3) is 4.17. The van der Waals surface area contributed by atoms with Crippen LogP contribution < -0.4 is 4.90 Å². The van der Waals surface area contributed by atoms with E-state index in [-0.39, 0.29) is 0 Å². The van der Waals surface area contributed by atoms with Crippen LogP contribution in [-0.2, 0) is 4.84 Å². The fourth-order valence-electron chi connectivity index (χ4n) is 1.74. The Morgan fingerprint density at radius 1 is 1.05 bits per heavy atom. The van der Waals surface area contributed by atoms with E-state index in [9.17, 15) is 0 Å². The van der Waals surface area contributed by atoms with Crippen molar-refractivity contribution < 1.29 is 9.74 Å². The lowest BCUT2D eigenvalue weighted by Gasteiger charge is -2.08. The van der Waals surface area contributed by atoms with Crippen molar-refractivity contribution in [1.29, 1.82) is 0 Å². The molecule has 1 N–H and O–H groups in total. The van der Waals surface area contributed by atoms with Crippen LogP contribution in [0.3, 0.4) is 0 Å². The smallest absolute Gasteiger partial charge is 0.165 e. The van der Waals surface area contributed by atoms with Gasteiger partial charge in [-0.15, -0.1) is 0 Å². The van der Waals surface area contributed by atoms with Crippen molar-refractivity contribution in [1.82, 2.24) is 4.98 Å². The van der Waals surface area contributed by atoms with Gasteiger partial charge in [0, 0.05) is 23.5 Å². The van der Waals surface area contributed by atoms with Gasteiger partial charge < -0.3 is 9.74 Å². The summed E-state index contributed by atoms with van der Waals surface area (Å²) in [4.78, 5) is 10.8. The van der Waals surface area contributed by atoms with Gasteiger partial charge in [0.05, 0.1) is 14.1 Å². The molecule has 0 radical (unpaired) electrons. The molecule has 4 heteroatoms. The molecular weight excluding hydrogens is 250 g/mol. The monoisotopic (exact) mass is 270 g/mol. The van der Waals surface area contributed by atoms with E-state index in [1.165, 1.54) is 4.90 Å². The molecule has 4 nitrogen and oxygen atoms in total. The van der Waals surface area contributed by atoms with E-state index < -0.39 is 0 Å². The van der Waals surface area contributed by atoms with Crippen LogP contribution in [0.25, 0.3) is 0 Å². The largest absolute Gasteiger partial charge is 0.389 e. The predicted molar refractivity (Wildman–Crippen MR) is 79.9 cm³/mol. The molecule has 20 heavy (non-hydrogen) atoms. The van der Waals surface area contributed by atoms with Crippen LogP contribution in [0.2, 0.25) is 0 Å². The van der Waals surface area contributed by atoms with Crippen LogP contribution >= 0.6 is 0 Å². The average Bonchev–Trinajstić information content (AvgIpc) is 2.49. The molecule has 0 spiro atoms. The Labute approximate surface area is 119 Å². The average molecular weight is 270 g/mol. The lowest BCUT2D eigenvalue weighted by Crippen LogP contribution is -3.06. The third-order valence-corrected chi connectivity index (χ3v) is 2.85. The molecule has 1 heterocycles. The van der Waals surface area contributed by atoms with Gasteiger partial charge in [-0.2, -0.15) is 0 Å². The molecule has 0 bridgehead atoms. The zero-order chi connectivity index (χ0) is 14.2. The molecule has 0 aliphatic heterocycles. The van der Waals surface area contributed by atoms with Crippen LogP contribution in [0.1, 0.15) is 11.1 Å². The standard InChI is InChI=1S/C16H19N3O/c1-19(2)12-13-20-18-16(14-6-4-3-5-7-14)15-8-10-17-11-9-15/h3-11H,12-13H2,1-2H3/p+1/b18-16+. The van der Waals surface area contributed by atoms with Crippen LogP contribution in [0.4, 0.5) is 0 Å². The van der Waals surface area contributed by atoms with Crippen molar-refractivity contribution in [2.75, 3.05) is 27.2 Å². The lowest BCUT2D eigenvalue weighted by molar-refractivity contribution is -0.858. The first-order valence-corrected chi connectivity index (χ1v) is 6.72. The van der Waals surface area contributed by atoms with Gasteiger partial charge in [0.2, 0.25) is 0 Å². The van der Waals surface area contributed by atoms with Crippen LogP contribution in [0.5, 0.6) is 0 Å². The van der Waals surface area contributed by atoms with E-state index in [1.807, 2.05) is 42.5 Å². The number of hydrogen-bond acceptors (Lipinski definition) is 3. The molecule has 0 atom stereocenters.